The number of likely N-dealkylation sites (tertiary alicyclic amines) is 1. The van der Waals surface area contributed by atoms with E-state index in [1.54, 1.807) is 19.2 Å². The van der Waals surface area contributed by atoms with Gasteiger partial charge in [-0.05, 0) is 44.7 Å². The van der Waals surface area contributed by atoms with E-state index in [-0.39, 0.29) is 24.1 Å². The number of nitrogens with zero attached hydrogens (tertiary/aromatic N) is 4. The second-order valence-electron chi connectivity index (χ2n) is 6.04. The lowest BCUT2D eigenvalue weighted by Gasteiger charge is -2.35. The number of hydrogen-bond donors (Lipinski definition) is 1. The van der Waals surface area contributed by atoms with E-state index in [2.05, 4.69) is 15.3 Å². The van der Waals surface area contributed by atoms with Gasteiger partial charge >= 0.3 is 0 Å². The second-order valence-corrected chi connectivity index (χ2v) is 6.04. The van der Waals surface area contributed by atoms with Gasteiger partial charge in [0.25, 0.3) is 5.56 Å². The lowest BCUT2D eigenvalue weighted by Crippen LogP contribution is -2.42. The van der Waals surface area contributed by atoms with Crippen LogP contribution in [0.1, 0.15) is 42.3 Å². The first kappa shape index (κ1) is 15.5. The van der Waals surface area contributed by atoms with Crippen LogP contribution in [-0.4, -0.2) is 37.3 Å². The molecule has 3 heterocycles. The minimum atomic E-state index is -0.254. The van der Waals surface area contributed by atoms with Gasteiger partial charge < -0.3 is 4.90 Å². The zero-order chi connectivity index (χ0) is 16.4. The summed E-state index contributed by atoms with van der Waals surface area (Å²) in [5, 5.41) is 11.2. The van der Waals surface area contributed by atoms with Gasteiger partial charge in [0.15, 0.2) is 0 Å². The molecule has 2 aromatic heterocycles. The van der Waals surface area contributed by atoms with Gasteiger partial charge in [0.1, 0.15) is 6.54 Å². The molecule has 23 heavy (non-hydrogen) atoms. The molecule has 0 spiro atoms. The number of H-pyrrole nitrogens is 1. The first-order valence-electron chi connectivity index (χ1n) is 7.90. The van der Waals surface area contributed by atoms with E-state index in [9.17, 15) is 9.59 Å². The molecule has 7 heteroatoms. The molecule has 0 aliphatic carbocycles. The Morgan fingerprint density at radius 1 is 1.35 bits per heavy atom. The SMILES string of the molecule is Cc1ccc(=O)n(CC(=O)N2CCCC[C@@H]2c2[nH]ncc2C)n1. The summed E-state index contributed by atoms with van der Waals surface area (Å²) in [6.07, 6.45) is 4.74. The summed E-state index contributed by atoms with van der Waals surface area (Å²) in [6, 6.07) is 3.10. The predicted molar refractivity (Wildman–Crippen MR) is 84.9 cm³/mol. The van der Waals surface area contributed by atoms with E-state index >= 15 is 0 Å². The van der Waals surface area contributed by atoms with Crippen LogP contribution in [0.25, 0.3) is 0 Å². The number of aryl methyl sites for hydroxylation is 2. The lowest BCUT2D eigenvalue weighted by molar-refractivity contribution is -0.136. The topological polar surface area (TPSA) is 83.9 Å². The average molecular weight is 315 g/mol. The standard InChI is InChI=1S/C16H21N5O2/c1-11-9-17-18-16(11)13-5-3-4-8-20(13)15(23)10-21-14(22)7-6-12(2)19-21/h6-7,9,13H,3-5,8,10H2,1-2H3,(H,17,18)/t13-/m1/s1. The number of nitrogens with one attached hydrogen (secondary N) is 1. The Balaban J connectivity index is 1.83. The van der Waals surface area contributed by atoms with Crippen molar-refractivity contribution in [3.63, 3.8) is 0 Å². The highest BCUT2D eigenvalue weighted by atomic mass is 16.2. The first-order valence-corrected chi connectivity index (χ1v) is 7.90. The van der Waals surface area contributed by atoms with Crippen molar-refractivity contribution in [1.82, 2.24) is 24.9 Å². The van der Waals surface area contributed by atoms with Crippen molar-refractivity contribution in [3.05, 3.63) is 45.6 Å². The summed E-state index contributed by atoms with van der Waals surface area (Å²) < 4.78 is 1.24. The van der Waals surface area contributed by atoms with Gasteiger partial charge in [0.2, 0.25) is 5.91 Å². The minimum Gasteiger partial charge on any atom is -0.332 e. The molecule has 2 aromatic rings. The molecule has 1 N–H and O–H groups in total. The summed E-state index contributed by atoms with van der Waals surface area (Å²) in [7, 11) is 0. The molecule has 1 fully saturated rings. The quantitative estimate of drug-likeness (QED) is 0.926. The Morgan fingerprint density at radius 2 is 2.17 bits per heavy atom. The Morgan fingerprint density at radius 3 is 2.91 bits per heavy atom. The van der Waals surface area contributed by atoms with Crippen molar-refractivity contribution in [1.29, 1.82) is 0 Å². The lowest BCUT2D eigenvalue weighted by atomic mass is 9.97. The maximum Gasteiger partial charge on any atom is 0.267 e. The molecule has 122 valence electrons. The third-order valence-electron chi connectivity index (χ3n) is 4.31. The van der Waals surface area contributed by atoms with Crippen LogP contribution in [-0.2, 0) is 11.3 Å². The second kappa shape index (κ2) is 6.36. The minimum absolute atomic E-state index is 0.000684. The average Bonchev–Trinajstić information content (AvgIpc) is 2.97. The smallest absolute Gasteiger partial charge is 0.267 e. The highest BCUT2D eigenvalue weighted by molar-refractivity contribution is 5.76. The molecule has 7 nitrogen and oxygen atoms in total. The maximum atomic E-state index is 12.7. The largest absolute Gasteiger partial charge is 0.332 e. The summed E-state index contributed by atoms with van der Waals surface area (Å²) >= 11 is 0. The van der Waals surface area contributed by atoms with E-state index < -0.39 is 0 Å². The van der Waals surface area contributed by atoms with Crippen molar-refractivity contribution in [2.45, 2.75) is 45.7 Å². The number of piperidine rings is 1. The Labute approximate surface area is 134 Å². The number of hydrogen-bond acceptors (Lipinski definition) is 4. The zero-order valence-corrected chi connectivity index (χ0v) is 13.5. The highest BCUT2D eigenvalue weighted by Gasteiger charge is 2.30. The van der Waals surface area contributed by atoms with E-state index in [0.29, 0.717) is 6.54 Å². The van der Waals surface area contributed by atoms with Crippen LogP contribution in [0.2, 0.25) is 0 Å². The van der Waals surface area contributed by atoms with Gasteiger partial charge in [-0.3, -0.25) is 14.7 Å². The normalized spacial score (nSPS) is 18.2. The molecular weight excluding hydrogens is 294 g/mol. The molecule has 3 rings (SSSR count). The van der Waals surface area contributed by atoms with Gasteiger partial charge in [-0.2, -0.15) is 10.2 Å². The Kier molecular flexibility index (Phi) is 4.27. The summed E-state index contributed by atoms with van der Waals surface area (Å²) in [5.41, 5.74) is 2.51. The molecule has 0 aromatic carbocycles. The first-order chi connectivity index (χ1) is 11.1. The molecule has 0 radical (unpaired) electrons. The van der Waals surface area contributed by atoms with Gasteiger partial charge in [0, 0.05) is 12.6 Å². The fourth-order valence-electron chi connectivity index (χ4n) is 3.11. The molecule has 1 aliphatic rings. The van der Waals surface area contributed by atoms with Crippen LogP contribution in [0.5, 0.6) is 0 Å². The zero-order valence-electron chi connectivity index (χ0n) is 13.5. The third-order valence-corrected chi connectivity index (χ3v) is 4.31. The molecule has 1 amide bonds. The number of amides is 1. The number of aromatic nitrogens is 4. The monoisotopic (exact) mass is 315 g/mol. The van der Waals surface area contributed by atoms with E-state index in [1.807, 2.05) is 11.8 Å². The molecule has 1 atom stereocenters. The molecule has 1 aliphatic heterocycles. The maximum absolute atomic E-state index is 12.7. The van der Waals surface area contributed by atoms with Crippen molar-refractivity contribution in [3.8, 4) is 0 Å². The molecule has 0 bridgehead atoms. The van der Waals surface area contributed by atoms with Crippen LogP contribution in [0, 0.1) is 13.8 Å². The number of carbonyl (C=O) groups is 1. The van der Waals surface area contributed by atoms with Crippen LogP contribution in [0.4, 0.5) is 0 Å². The number of carbonyl (C=O) groups excluding carboxylic acids is 1. The summed E-state index contributed by atoms with van der Waals surface area (Å²) in [5.74, 6) is -0.0797. The van der Waals surface area contributed by atoms with E-state index in [4.69, 9.17) is 0 Å². The van der Waals surface area contributed by atoms with Crippen molar-refractivity contribution < 1.29 is 4.79 Å². The third kappa shape index (κ3) is 3.18. The number of aromatic amines is 1. The van der Waals surface area contributed by atoms with Gasteiger partial charge in [-0.1, -0.05) is 0 Å². The van der Waals surface area contributed by atoms with Crippen molar-refractivity contribution in [2.75, 3.05) is 6.54 Å². The Hall–Kier alpha value is -2.44. The van der Waals surface area contributed by atoms with Gasteiger partial charge in [-0.15, -0.1) is 0 Å². The van der Waals surface area contributed by atoms with E-state index in [1.165, 1.54) is 10.7 Å². The van der Waals surface area contributed by atoms with Crippen molar-refractivity contribution >= 4 is 5.91 Å². The number of rotatable bonds is 3. The van der Waals surface area contributed by atoms with Gasteiger partial charge in [0.05, 0.1) is 23.6 Å². The van der Waals surface area contributed by atoms with Crippen molar-refractivity contribution in [2.24, 2.45) is 0 Å². The van der Waals surface area contributed by atoms with Crippen LogP contribution in [0.3, 0.4) is 0 Å². The van der Waals surface area contributed by atoms with Crippen LogP contribution >= 0.6 is 0 Å². The fourth-order valence-corrected chi connectivity index (χ4v) is 3.11. The fraction of sp³-hybridized carbons (Fsp3) is 0.500. The Bertz CT molecular complexity index is 764. The summed E-state index contributed by atoms with van der Waals surface area (Å²) in [4.78, 5) is 26.5. The highest BCUT2D eigenvalue weighted by Crippen LogP contribution is 2.31. The summed E-state index contributed by atoms with van der Waals surface area (Å²) in [6.45, 7) is 4.47. The molecule has 1 saturated heterocycles. The molecular formula is C16H21N5O2. The molecule has 0 unspecified atom stereocenters. The van der Waals surface area contributed by atoms with E-state index in [0.717, 1.165) is 36.2 Å². The van der Waals surface area contributed by atoms with Gasteiger partial charge in [-0.25, -0.2) is 4.68 Å². The van der Waals surface area contributed by atoms with Crippen LogP contribution in [0.15, 0.2) is 23.1 Å². The van der Waals surface area contributed by atoms with Crippen LogP contribution < -0.4 is 5.56 Å². The molecule has 0 saturated carbocycles. The predicted octanol–water partition coefficient (Wildman–Crippen LogP) is 1.34.